The first kappa shape index (κ1) is 17.9. The maximum absolute atomic E-state index is 13.3. The van der Waals surface area contributed by atoms with E-state index in [0.717, 1.165) is 23.5 Å². The van der Waals surface area contributed by atoms with Gasteiger partial charge in [0, 0.05) is 23.1 Å². The minimum absolute atomic E-state index is 0.279. The Morgan fingerprint density at radius 1 is 1.08 bits per heavy atom. The van der Waals surface area contributed by atoms with E-state index in [0.29, 0.717) is 11.6 Å². The third-order valence-corrected chi connectivity index (χ3v) is 5.31. The Hall–Kier alpha value is -2.92. The van der Waals surface area contributed by atoms with Crippen molar-refractivity contribution < 1.29 is 26.3 Å². The summed E-state index contributed by atoms with van der Waals surface area (Å²) in [6.07, 6.45) is 0. The van der Waals surface area contributed by atoms with Crippen molar-refractivity contribution in [2.24, 2.45) is 0 Å². The summed E-state index contributed by atoms with van der Waals surface area (Å²) in [5.74, 6) is -2.11. The quantitative estimate of drug-likeness (QED) is 0.369. The second kappa shape index (κ2) is 6.77. The van der Waals surface area contributed by atoms with E-state index in [9.17, 15) is 27.3 Å². The van der Waals surface area contributed by atoms with Crippen LogP contribution in [0.5, 0.6) is 5.75 Å². The van der Waals surface area contributed by atoms with Gasteiger partial charge in [0.2, 0.25) is 10.8 Å². The molecule has 1 aromatic heterocycles. The van der Waals surface area contributed by atoms with Crippen molar-refractivity contribution in [2.45, 2.75) is 5.03 Å². The van der Waals surface area contributed by atoms with Gasteiger partial charge in [-0.25, -0.2) is 13.8 Å². The predicted molar refractivity (Wildman–Crippen MR) is 88.4 cm³/mol. The van der Waals surface area contributed by atoms with Crippen LogP contribution < -0.4 is 4.18 Å². The first-order valence-electron chi connectivity index (χ1n) is 6.86. The van der Waals surface area contributed by atoms with Gasteiger partial charge in [0.05, 0.1) is 4.92 Å². The molecule has 0 radical (unpaired) electrons. The van der Waals surface area contributed by atoms with Crippen molar-refractivity contribution in [3.8, 4) is 16.3 Å². The molecule has 134 valence electrons. The number of nitro groups is 1. The van der Waals surface area contributed by atoms with Gasteiger partial charge < -0.3 is 4.18 Å². The molecule has 11 heteroatoms. The van der Waals surface area contributed by atoms with Gasteiger partial charge >= 0.3 is 15.8 Å². The van der Waals surface area contributed by atoms with E-state index in [1.807, 2.05) is 0 Å². The second-order valence-electron chi connectivity index (χ2n) is 4.90. The Kier molecular flexibility index (Phi) is 4.66. The molecule has 0 saturated carbocycles. The molecule has 0 saturated heterocycles. The lowest BCUT2D eigenvalue weighted by atomic mass is 10.2. The maximum atomic E-state index is 13.3. The fourth-order valence-corrected chi connectivity index (χ4v) is 3.99. The first-order valence-corrected chi connectivity index (χ1v) is 9.15. The van der Waals surface area contributed by atoms with Crippen LogP contribution in [0.1, 0.15) is 0 Å². The average Bonchev–Trinajstić information content (AvgIpc) is 3.06. The lowest BCUT2D eigenvalue weighted by Gasteiger charge is -2.05. The molecule has 1 heterocycles. The highest BCUT2D eigenvalue weighted by Crippen LogP contribution is 2.32. The standard InChI is InChI=1S/C15H8F2N2O5S2/c16-10-3-1-9(2-4-10)15-18-14(8-25-15)26(22,23)24-13-7-11(17)5-6-12(13)19(20)21/h1-8H. The number of thiazole rings is 1. The van der Waals surface area contributed by atoms with Crippen molar-refractivity contribution in [1.82, 2.24) is 4.98 Å². The van der Waals surface area contributed by atoms with Crippen LogP contribution in [0.4, 0.5) is 14.5 Å². The highest BCUT2D eigenvalue weighted by molar-refractivity contribution is 7.87. The number of halogens is 2. The van der Waals surface area contributed by atoms with Gasteiger partial charge in [-0.1, -0.05) is 0 Å². The van der Waals surface area contributed by atoms with E-state index in [4.69, 9.17) is 4.18 Å². The fraction of sp³-hybridized carbons (Fsp3) is 0. The zero-order valence-electron chi connectivity index (χ0n) is 12.6. The van der Waals surface area contributed by atoms with E-state index < -0.39 is 43.1 Å². The Morgan fingerprint density at radius 3 is 2.38 bits per heavy atom. The summed E-state index contributed by atoms with van der Waals surface area (Å²) in [6.45, 7) is 0. The van der Waals surface area contributed by atoms with Crippen LogP contribution in [-0.4, -0.2) is 18.3 Å². The topological polar surface area (TPSA) is 99.4 Å². The van der Waals surface area contributed by atoms with Crippen LogP contribution in [0, 0.1) is 21.7 Å². The summed E-state index contributed by atoms with van der Waals surface area (Å²) in [4.78, 5) is 13.9. The molecule has 0 atom stereocenters. The molecule has 26 heavy (non-hydrogen) atoms. The molecule has 0 spiro atoms. The van der Waals surface area contributed by atoms with E-state index >= 15 is 0 Å². The van der Waals surface area contributed by atoms with Crippen molar-refractivity contribution >= 4 is 27.1 Å². The summed E-state index contributed by atoms with van der Waals surface area (Å²) in [6, 6.07) is 7.43. The number of nitro benzene ring substituents is 1. The molecule has 0 N–H and O–H groups in total. The van der Waals surface area contributed by atoms with Crippen molar-refractivity contribution in [2.75, 3.05) is 0 Å². The summed E-state index contributed by atoms with van der Waals surface area (Å²) in [5.41, 5.74) is -0.224. The molecule has 7 nitrogen and oxygen atoms in total. The van der Waals surface area contributed by atoms with Gasteiger partial charge in [-0.3, -0.25) is 10.1 Å². The first-order chi connectivity index (χ1) is 12.3. The van der Waals surface area contributed by atoms with Crippen LogP contribution in [-0.2, 0) is 10.1 Å². The average molecular weight is 398 g/mol. The zero-order chi connectivity index (χ0) is 18.9. The number of rotatable bonds is 5. The number of hydrogen-bond donors (Lipinski definition) is 0. The van der Waals surface area contributed by atoms with E-state index in [1.54, 1.807) is 0 Å². The van der Waals surface area contributed by atoms with Gasteiger partial charge in [-0.15, -0.1) is 11.3 Å². The monoisotopic (exact) mass is 398 g/mol. The Balaban J connectivity index is 1.94. The molecule has 0 amide bonds. The fourth-order valence-electron chi connectivity index (χ4n) is 1.97. The molecule has 0 aliphatic heterocycles. The van der Waals surface area contributed by atoms with Crippen LogP contribution in [0.2, 0.25) is 0 Å². The van der Waals surface area contributed by atoms with E-state index in [-0.39, 0.29) is 5.01 Å². The number of hydrogen-bond acceptors (Lipinski definition) is 7. The summed E-state index contributed by atoms with van der Waals surface area (Å²) < 4.78 is 55.6. The number of aromatic nitrogens is 1. The van der Waals surface area contributed by atoms with Gasteiger partial charge in [-0.2, -0.15) is 8.42 Å². The molecule has 3 aromatic rings. The van der Waals surface area contributed by atoms with Crippen molar-refractivity contribution in [3.05, 3.63) is 69.6 Å². The largest absolute Gasteiger partial charge is 0.370 e. The zero-order valence-corrected chi connectivity index (χ0v) is 14.3. The smallest absolute Gasteiger partial charge is 0.358 e. The van der Waals surface area contributed by atoms with Crippen LogP contribution >= 0.6 is 11.3 Å². The molecule has 0 aliphatic carbocycles. The van der Waals surface area contributed by atoms with Gasteiger partial charge in [0.25, 0.3) is 0 Å². The third kappa shape index (κ3) is 3.68. The summed E-state index contributed by atoms with van der Waals surface area (Å²) in [5, 5.41) is 11.9. The summed E-state index contributed by atoms with van der Waals surface area (Å²) in [7, 11) is -4.53. The van der Waals surface area contributed by atoms with Crippen LogP contribution in [0.15, 0.2) is 52.9 Å². The molecule has 0 bridgehead atoms. The Bertz CT molecular complexity index is 1080. The van der Waals surface area contributed by atoms with Gasteiger partial charge in [-0.05, 0) is 30.3 Å². The third-order valence-electron chi connectivity index (χ3n) is 3.15. The molecule has 0 aliphatic rings. The molecular weight excluding hydrogens is 390 g/mol. The van der Waals surface area contributed by atoms with Crippen molar-refractivity contribution in [3.63, 3.8) is 0 Å². The molecule has 0 fully saturated rings. The van der Waals surface area contributed by atoms with Crippen molar-refractivity contribution in [1.29, 1.82) is 0 Å². The van der Waals surface area contributed by atoms with Crippen LogP contribution in [0.3, 0.4) is 0 Å². The normalized spacial score (nSPS) is 11.3. The van der Waals surface area contributed by atoms with Crippen LogP contribution in [0.25, 0.3) is 10.6 Å². The lowest BCUT2D eigenvalue weighted by molar-refractivity contribution is -0.385. The lowest BCUT2D eigenvalue weighted by Crippen LogP contribution is -2.11. The highest BCUT2D eigenvalue weighted by atomic mass is 32.2. The minimum Gasteiger partial charge on any atom is -0.370 e. The van der Waals surface area contributed by atoms with Gasteiger partial charge in [0.15, 0.2) is 0 Å². The molecule has 2 aromatic carbocycles. The van der Waals surface area contributed by atoms with E-state index in [2.05, 4.69) is 4.98 Å². The highest BCUT2D eigenvalue weighted by Gasteiger charge is 2.26. The minimum atomic E-state index is -4.53. The molecular formula is C15H8F2N2O5S2. The second-order valence-corrected chi connectivity index (χ2v) is 7.26. The SMILES string of the molecule is O=[N+]([O-])c1ccc(F)cc1OS(=O)(=O)c1csc(-c2ccc(F)cc2)n1. The molecule has 0 unspecified atom stereocenters. The van der Waals surface area contributed by atoms with Gasteiger partial charge in [0.1, 0.15) is 16.6 Å². The van der Waals surface area contributed by atoms with E-state index in [1.165, 1.54) is 29.6 Å². The number of benzene rings is 2. The predicted octanol–water partition coefficient (Wildman–Crippen LogP) is 3.76. The Morgan fingerprint density at radius 2 is 1.73 bits per heavy atom. The summed E-state index contributed by atoms with van der Waals surface area (Å²) >= 11 is 0.959. The molecule has 3 rings (SSSR count). The number of nitrogens with zero attached hydrogens (tertiary/aromatic N) is 2. The maximum Gasteiger partial charge on any atom is 0.358 e. The Labute approximate surface area is 149 Å².